The summed E-state index contributed by atoms with van der Waals surface area (Å²) in [7, 11) is 1.51. The van der Waals surface area contributed by atoms with Crippen molar-refractivity contribution in [1.29, 1.82) is 0 Å². The van der Waals surface area contributed by atoms with Gasteiger partial charge in [0.1, 0.15) is 0 Å². The van der Waals surface area contributed by atoms with Gasteiger partial charge in [-0.05, 0) is 36.6 Å². The van der Waals surface area contributed by atoms with Gasteiger partial charge in [0.2, 0.25) is 5.91 Å². The maximum atomic E-state index is 12.2. The smallest absolute Gasteiger partial charge is 0.269 e. The van der Waals surface area contributed by atoms with Crippen molar-refractivity contribution >= 4 is 11.8 Å². The monoisotopic (exact) mass is 356 g/mol. The van der Waals surface area contributed by atoms with Crippen LogP contribution < -0.4 is 20.3 Å². The lowest BCUT2D eigenvalue weighted by atomic mass is 9.98. The quantitative estimate of drug-likeness (QED) is 0.748. The van der Waals surface area contributed by atoms with Crippen molar-refractivity contribution < 1.29 is 19.1 Å². The molecule has 0 radical (unpaired) electrons. The molecular formula is C20H24N2O4. The zero-order valence-corrected chi connectivity index (χ0v) is 15.2. The molecule has 2 amide bonds. The van der Waals surface area contributed by atoms with Crippen LogP contribution in [0.25, 0.3) is 0 Å². The van der Waals surface area contributed by atoms with Crippen LogP contribution in [0.3, 0.4) is 0 Å². The van der Waals surface area contributed by atoms with E-state index in [-0.39, 0.29) is 18.2 Å². The van der Waals surface area contributed by atoms with E-state index >= 15 is 0 Å². The normalized spacial score (nSPS) is 11.3. The van der Waals surface area contributed by atoms with Crippen LogP contribution in [0, 0.1) is 0 Å². The van der Waals surface area contributed by atoms with Gasteiger partial charge >= 0.3 is 0 Å². The van der Waals surface area contributed by atoms with Crippen molar-refractivity contribution in [2.45, 2.75) is 26.2 Å². The third kappa shape index (κ3) is 5.24. The van der Waals surface area contributed by atoms with E-state index in [4.69, 9.17) is 9.47 Å². The molecular weight excluding hydrogens is 332 g/mol. The summed E-state index contributed by atoms with van der Waals surface area (Å²) in [4.78, 5) is 24.3. The number of rotatable bonds is 7. The minimum atomic E-state index is -0.424. The minimum absolute atomic E-state index is 0.0543. The Kier molecular flexibility index (Phi) is 7.02. The molecule has 6 nitrogen and oxygen atoms in total. The predicted molar refractivity (Wildman–Crippen MR) is 99.2 cm³/mol. The van der Waals surface area contributed by atoms with Crippen molar-refractivity contribution in [2.24, 2.45) is 0 Å². The van der Waals surface area contributed by atoms with E-state index in [1.54, 1.807) is 18.2 Å². The lowest BCUT2D eigenvalue weighted by Crippen LogP contribution is -2.42. The SMILES string of the molecule is CCOc1ccc(C(=O)NNC(=O)CC(C)c2ccccc2)cc1OC. The molecule has 0 heterocycles. The number of methoxy groups -OCH3 is 1. The molecule has 6 heteroatoms. The molecule has 0 bridgehead atoms. The van der Waals surface area contributed by atoms with Crippen LogP contribution in [0.4, 0.5) is 0 Å². The first-order chi connectivity index (χ1) is 12.5. The predicted octanol–water partition coefficient (Wildman–Crippen LogP) is 3.05. The number of carbonyl (C=O) groups excluding carboxylic acids is 2. The van der Waals surface area contributed by atoms with Gasteiger partial charge < -0.3 is 9.47 Å². The minimum Gasteiger partial charge on any atom is -0.493 e. The van der Waals surface area contributed by atoms with Gasteiger partial charge in [0.25, 0.3) is 5.91 Å². The second-order valence-electron chi connectivity index (χ2n) is 5.82. The molecule has 2 aromatic carbocycles. The molecule has 0 aliphatic carbocycles. The van der Waals surface area contributed by atoms with Crippen LogP contribution in [0.5, 0.6) is 11.5 Å². The Labute approximate surface area is 153 Å². The molecule has 2 rings (SSSR count). The molecule has 0 aromatic heterocycles. The van der Waals surface area contributed by atoms with E-state index in [9.17, 15) is 9.59 Å². The molecule has 138 valence electrons. The van der Waals surface area contributed by atoms with E-state index in [1.165, 1.54) is 7.11 Å². The maximum Gasteiger partial charge on any atom is 0.269 e. The van der Waals surface area contributed by atoms with Crippen molar-refractivity contribution in [1.82, 2.24) is 10.9 Å². The van der Waals surface area contributed by atoms with Gasteiger partial charge in [-0.3, -0.25) is 20.4 Å². The Morgan fingerprint density at radius 3 is 2.42 bits per heavy atom. The number of benzene rings is 2. The van der Waals surface area contributed by atoms with Crippen LogP contribution in [0.2, 0.25) is 0 Å². The standard InChI is InChI=1S/C20H24N2O4/c1-4-26-17-11-10-16(13-18(17)25-3)20(24)22-21-19(23)12-14(2)15-8-6-5-7-9-15/h5-11,13-14H,4,12H2,1-3H3,(H,21,23)(H,22,24). The van der Waals surface area contributed by atoms with Gasteiger partial charge in [-0.25, -0.2) is 0 Å². The van der Waals surface area contributed by atoms with Crippen LogP contribution >= 0.6 is 0 Å². The van der Waals surface area contributed by atoms with E-state index in [0.29, 0.717) is 23.7 Å². The number of nitrogens with one attached hydrogen (secondary N) is 2. The lowest BCUT2D eigenvalue weighted by molar-refractivity contribution is -0.122. The van der Waals surface area contributed by atoms with Gasteiger partial charge in [0, 0.05) is 12.0 Å². The molecule has 0 saturated carbocycles. The molecule has 2 N–H and O–H groups in total. The van der Waals surface area contributed by atoms with Crippen molar-refractivity contribution in [2.75, 3.05) is 13.7 Å². The fourth-order valence-electron chi connectivity index (χ4n) is 2.51. The van der Waals surface area contributed by atoms with Crippen molar-refractivity contribution in [3.63, 3.8) is 0 Å². The first-order valence-corrected chi connectivity index (χ1v) is 8.50. The summed E-state index contributed by atoms with van der Waals surface area (Å²) in [5.41, 5.74) is 6.31. The number of hydrogen-bond donors (Lipinski definition) is 2. The summed E-state index contributed by atoms with van der Waals surface area (Å²) in [5.74, 6) is 0.397. The number of hydrogen-bond acceptors (Lipinski definition) is 4. The van der Waals surface area contributed by atoms with Gasteiger partial charge in [0.05, 0.1) is 13.7 Å². The highest BCUT2D eigenvalue weighted by molar-refractivity contribution is 5.96. The summed E-state index contributed by atoms with van der Waals surface area (Å²) < 4.78 is 10.6. The molecule has 1 unspecified atom stereocenters. The summed E-state index contributed by atoms with van der Waals surface area (Å²) in [6.45, 7) is 4.33. The highest BCUT2D eigenvalue weighted by Crippen LogP contribution is 2.27. The molecule has 0 spiro atoms. The largest absolute Gasteiger partial charge is 0.493 e. The lowest BCUT2D eigenvalue weighted by Gasteiger charge is -2.13. The Morgan fingerprint density at radius 2 is 1.77 bits per heavy atom. The zero-order valence-electron chi connectivity index (χ0n) is 15.2. The van der Waals surface area contributed by atoms with Gasteiger partial charge in [-0.2, -0.15) is 0 Å². The summed E-state index contributed by atoms with van der Waals surface area (Å²) in [6, 6.07) is 14.6. The third-order valence-electron chi connectivity index (χ3n) is 3.90. The number of ether oxygens (including phenoxy) is 2. The van der Waals surface area contributed by atoms with Crippen molar-refractivity contribution in [3.8, 4) is 11.5 Å². The van der Waals surface area contributed by atoms with E-state index in [1.807, 2.05) is 44.2 Å². The Balaban J connectivity index is 1.90. The van der Waals surface area contributed by atoms with E-state index in [0.717, 1.165) is 5.56 Å². The third-order valence-corrected chi connectivity index (χ3v) is 3.90. The summed E-state index contributed by atoms with van der Waals surface area (Å²) in [6.07, 6.45) is 0.275. The zero-order chi connectivity index (χ0) is 18.9. The molecule has 0 aliphatic heterocycles. The van der Waals surface area contributed by atoms with E-state index < -0.39 is 5.91 Å². The Morgan fingerprint density at radius 1 is 1.04 bits per heavy atom. The second kappa shape index (κ2) is 9.46. The van der Waals surface area contributed by atoms with Crippen LogP contribution in [-0.2, 0) is 4.79 Å². The molecule has 1 atom stereocenters. The molecule has 2 aromatic rings. The van der Waals surface area contributed by atoms with E-state index in [2.05, 4.69) is 10.9 Å². The van der Waals surface area contributed by atoms with Gasteiger partial charge in [0.15, 0.2) is 11.5 Å². The summed E-state index contributed by atoms with van der Waals surface area (Å²) in [5, 5.41) is 0. The highest BCUT2D eigenvalue weighted by atomic mass is 16.5. The first-order valence-electron chi connectivity index (χ1n) is 8.50. The molecule has 0 fully saturated rings. The number of carbonyl (C=O) groups is 2. The van der Waals surface area contributed by atoms with Crippen LogP contribution in [0.1, 0.15) is 42.1 Å². The molecule has 26 heavy (non-hydrogen) atoms. The average Bonchev–Trinajstić information content (AvgIpc) is 2.67. The highest BCUT2D eigenvalue weighted by Gasteiger charge is 2.14. The number of hydrazine groups is 1. The molecule has 0 saturated heterocycles. The van der Waals surface area contributed by atoms with Crippen molar-refractivity contribution in [3.05, 3.63) is 59.7 Å². The summed E-state index contributed by atoms with van der Waals surface area (Å²) >= 11 is 0. The number of amides is 2. The van der Waals surface area contributed by atoms with Gasteiger partial charge in [-0.1, -0.05) is 37.3 Å². The Bertz CT molecular complexity index is 747. The van der Waals surface area contributed by atoms with Crippen LogP contribution in [0.15, 0.2) is 48.5 Å². The fourth-order valence-corrected chi connectivity index (χ4v) is 2.51. The second-order valence-corrected chi connectivity index (χ2v) is 5.82. The topological polar surface area (TPSA) is 76.7 Å². The van der Waals surface area contributed by atoms with Gasteiger partial charge in [-0.15, -0.1) is 0 Å². The first kappa shape index (κ1) is 19.3. The average molecular weight is 356 g/mol. The maximum absolute atomic E-state index is 12.2. The molecule has 0 aliphatic rings. The Hall–Kier alpha value is -3.02. The van der Waals surface area contributed by atoms with Crippen LogP contribution in [-0.4, -0.2) is 25.5 Å². The fraction of sp³-hybridized carbons (Fsp3) is 0.300.